The van der Waals surface area contributed by atoms with E-state index in [9.17, 15) is 0 Å². The summed E-state index contributed by atoms with van der Waals surface area (Å²) in [5, 5.41) is 1.49. The molecule has 1 unspecified atom stereocenters. The van der Waals surface area contributed by atoms with Crippen LogP contribution in [0.2, 0.25) is 38.3 Å². The van der Waals surface area contributed by atoms with Gasteiger partial charge in [0.05, 0.1) is 8.07 Å². The van der Waals surface area contributed by atoms with Crippen molar-refractivity contribution < 1.29 is 9.16 Å². The second-order valence-electron chi connectivity index (χ2n) is 7.20. The minimum Gasteiger partial charge on any atom is -0.520 e. The molecule has 2 nitrogen and oxygen atoms in total. The molecule has 0 saturated heterocycles. The summed E-state index contributed by atoms with van der Waals surface area (Å²) < 4.78 is 11.2. The van der Waals surface area contributed by atoms with Crippen molar-refractivity contribution in [3.05, 3.63) is 55.0 Å². The van der Waals surface area contributed by atoms with Gasteiger partial charge in [-0.25, -0.2) is 0 Å². The highest BCUT2D eigenvalue weighted by Gasteiger charge is 2.28. The van der Waals surface area contributed by atoms with Gasteiger partial charge < -0.3 is 9.16 Å². The van der Waals surface area contributed by atoms with Gasteiger partial charge in [-0.05, 0) is 31.8 Å². The third-order valence-corrected chi connectivity index (χ3v) is 8.97. The van der Waals surface area contributed by atoms with Gasteiger partial charge in [0.25, 0.3) is 5.95 Å². The highest BCUT2D eigenvalue weighted by atomic mass is 28.4. The minimum atomic E-state index is -1.62. The molecule has 1 rings (SSSR count). The smallest absolute Gasteiger partial charge is 0.257 e. The number of hydrogen-bond acceptors (Lipinski definition) is 2. The molecule has 0 saturated carbocycles. The minimum absolute atomic E-state index is 0.441. The van der Waals surface area contributed by atoms with Gasteiger partial charge in [-0.15, -0.1) is 0 Å². The average molecular weight is 335 g/mol. The summed E-state index contributed by atoms with van der Waals surface area (Å²) in [7, 11) is -3.11. The van der Waals surface area contributed by atoms with Crippen molar-refractivity contribution in [3.63, 3.8) is 0 Å². The predicted octanol–water partition coefficient (Wildman–Crippen LogP) is 4.89. The summed E-state index contributed by atoms with van der Waals surface area (Å²) in [6.45, 7) is 17.8. The quantitative estimate of drug-likeness (QED) is 0.383. The molecule has 0 amide bonds. The fourth-order valence-corrected chi connectivity index (χ4v) is 5.08. The van der Waals surface area contributed by atoms with E-state index in [1.165, 1.54) is 5.19 Å². The molecule has 0 aliphatic heterocycles. The van der Waals surface area contributed by atoms with Crippen LogP contribution in [0.4, 0.5) is 0 Å². The second kappa shape index (κ2) is 7.83. The normalized spacial score (nSPS) is 13.9. The van der Waals surface area contributed by atoms with Crippen LogP contribution in [0.3, 0.4) is 0 Å². The van der Waals surface area contributed by atoms with E-state index in [0.717, 1.165) is 0 Å². The molecular weight excluding hydrogens is 304 g/mol. The first-order valence-corrected chi connectivity index (χ1v) is 14.3. The van der Waals surface area contributed by atoms with Crippen LogP contribution in [0.15, 0.2) is 55.0 Å². The third-order valence-electron chi connectivity index (χ3n) is 3.84. The lowest BCUT2D eigenvalue weighted by Crippen LogP contribution is -2.44. The molecule has 0 N–H and O–H groups in total. The van der Waals surface area contributed by atoms with E-state index in [0.29, 0.717) is 18.1 Å². The Labute approximate surface area is 138 Å². The van der Waals surface area contributed by atoms with Gasteiger partial charge in [0, 0.05) is 0 Å². The lowest BCUT2D eigenvalue weighted by Gasteiger charge is -2.28. The van der Waals surface area contributed by atoms with Gasteiger partial charge in [-0.1, -0.05) is 67.7 Å². The zero-order valence-electron chi connectivity index (χ0n) is 14.8. The van der Waals surface area contributed by atoms with E-state index in [-0.39, 0.29) is 0 Å². The van der Waals surface area contributed by atoms with Gasteiger partial charge in [0.15, 0.2) is 0 Å². The first kappa shape index (κ1) is 18.8. The highest BCUT2D eigenvalue weighted by Crippen LogP contribution is 2.22. The van der Waals surface area contributed by atoms with E-state index in [2.05, 4.69) is 88.7 Å². The predicted molar refractivity (Wildman–Crippen MR) is 102 cm³/mol. The second-order valence-corrected chi connectivity index (χ2v) is 16.6. The van der Waals surface area contributed by atoms with Gasteiger partial charge in [-0.2, -0.15) is 0 Å². The van der Waals surface area contributed by atoms with E-state index in [4.69, 9.17) is 9.16 Å². The first-order chi connectivity index (χ1) is 10.1. The summed E-state index contributed by atoms with van der Waals surface area (Å²) in [5.74, 6) is 0.441. The Bertz CT molecular complexity index is 502. The molecule has 0 aliphatic carbocycles. The SMILES string of the molecule is C=C(OC/C=C/C(C)[Si](C)(C)c1ccccc1)O[Si](C)(C)C. The number of hydrogen-bond donors (Lipinski definition) is 0. The zero-order valence-corrected chi connectivity index (χ0v) is 16.8. The Morgan fingerprint density at radius 3 is 2.27 bits per heavy atom. The number of rotatable bonds is 8. The fraction of sp³-hybridized carbons (Fsp3) is 0.444. The number of benzene rings is 1. The van der Waals surface area contributed by atoms with Crippen molar-refractivity contribution in [2.75, 3.05) is 6.61 Å². The first-order valence-electron chi connectivity index (χ1n) is 7.86. The molecule has 4 heteroatoms. The highest BCUT2D eigenvalue weighted by molar-refractivity contribution is 6.91. The van der Waals surface area contributed by atoms with Crippen LogP contribution >= 0.6 is 0 Å². The van der Waals surface area contributed by atoms with E-state index >= 15 is 0 Å². The average Bonchev–Trinajstić information content (AvgIpc) is 2.42. The molecule has 1 aromatic carbocycles. The lowest BCUT2D eigenvalue weighted by atomic mass is 10.4. The van der Waals surface area contributed by atoms with Crippen LogP contribution in [0.5, 0.6) is 0 Å². The van der Waals surface area contributed by atoms with Gasteiger partial charge in [0.1, 0.15) is 6.61 Å². The molecule has 0 bridgehead atoms. The molecule has 0 aliphatic rings. The fourth-order valence-electron chi connectivity index (χ4n) is 2.14. The maximum Gasteiger partial charge on any atom is 0.257 e. The maximum absolute atomic E-state index is 5.68. The van der Waals surface area contributed by atoms with Crippen molar-refractivity contribution in [2.24, 2.45) is 0 Å². The monoisotopic (exact) mass is 334 g/mol. The van der Waals surface area contributed by atoms with Crippen molar-refractivity contribution >= 4 is 21.6 Å². The Balaban J connectivity index is 2.51. The number of allylic oxidation sites excluding steroid dienone is 1. The topological polar surface area (TPSA) is 18.5 Å². The molecular formula is C18H30O2Si2. The molecule has 0 aromatic heterocycles. The molecule has 1 aromatic rings. The molecule has 22 heavy (non-hydrogen) atoms. The summed E-state index contributed by atoms with van der Waals surface area (Å²) in [5.41, 5.74) is 0.546. The standard InChI is InChI=1S/C18H30O2Si2/c1-16(22(6,7)18-13-9-8-10-14-18)12-11-15-19-17(2)20-21(3,4)5/h8-14,16H,2,15H2,1,3-7H3/b12-11+. The van der Waals surface area contributed by atoms with Crippen LogP contribution in [0, 0.1) is 0 Å². The molecule has 1 atom stereocenters. The van der Waals surface area contributed by atoms with Crippen molar-refractivity contribution in [3.8, 4) is 0 Å². The summed E-state index contributed by atoms with van der Waals surface area (Å²) in [4.78, 5) is 0. The summed E-state index contributed by atoms with van der Waals surface area (Å²) in [6, 6.07) is 10.8. The van der Waals surface area contributed by atoms with Gasteiger partial charge in [0.2, 0.25) is 8.32 Å². The van der Waals surface area contributed by atoms with Crippen LogP contribution in [-0.2, 0) is 9.16 Å². The maximum atomic E-state index is 5.68. The van der Waals surface area contributed by atoms with Crippen molar-refractivity contribution in [1.29, 1.82) is 0 Å². The summed E-state index contributed by atoms with van der Waals surface area (Å²) >= 11 is 0. The van der Waals surface area contributed by atoms with Crippen LogP contribution in [0.25, 0.3) is 0 Å². The third kappa shape index (κ3) is 6.24. The molecule has 0 spiro atoms. The lowest BCUT2D eigenvalue weighted by molar-refractivity contribution is 0.125. The van der Waals surface area contributed by atoms with Crippen LogP contribution in [0.1, 0.15) is 6.92 Å². The van der Waals surface area contributed by atoms with E-state index in [1.54, 1.807) is 0 Å². The molecule has 0 fully saturated rings. The Morgan fingerprint density at radius 1 is 1.14 bits per heavy atom. The summed E-state index contributed by atoms with van der Waals surface area (Å²) in [6.07, 6.45) is 4.35. The Morgan fingerprint density at radius 2 is 1.73 bits per heavy atom. The van der Waals surface area contributed by atoms with Gasteiger partial charge in [-0.3, -0.25) is 0 Å². The molecule has 0 heterocycles. The molecule has 122 valence electrons. The van der Waals surface area contributed by atoms with Gasteiger partial charge >= 0.3 is 0 Å². The Hall–Kier alpha value is -1.27. The largest absolute Gasteiger partial charge is 0.520 e. The van der Waals surface area contributed by atoms with Crippen molar-refractivity contribution in [1.82, 2.24) is 0 Å². The zero-order chi connectivity index (χ0) is 16.8. The van der Waals surface area contributed by atoms with Crippen molar-refractivity contribution in [2.45, 2.75) is 45.2 Å². The molecule has 0 radical (unpaired) electrons. The van der Waals surface area contributed by atoms with Crippen LogP contribution in [-0.4, -0.2) is 23.0 Å². The van der Waals surface area contributed by atoms with E-state index in [1.807, 2.05) is 0 Å². The Kier molecular flexibility index (Phi) is 6.69. The van der Waals surface area contributed by atoms with Crippen LogP contribution < -0.4 is 5.19 Å². The van der Waals surface area contributed by atoms with E-state index < -0.39 is 16.4 Å². The number of ether oxygens (including phenoxy) is 1.